The molecule has 41 heavy (non-hydrogen) atoms. The molecule has 0 aromatic carbocycles. The summed E-state index contributed by atoms with van der Waals surface area (Å²) in [7, 11) is 0. The molecule has 0 spiro atoms. The van der Waals surface area contributed by atoms with E-state index in [1.54, 1.807) is 18.1 Å². The van der Waals surface area contributed by atoms with Crippen molar-refractivity contribution in [3.05, 3.63) is 35.5 Å². The molecular formula is C38H60O3. The lowest BCUT2D eigenvalue weighted by Gasteiger charge is -2.67. The second-order valence-electron chi connectivity index (χ2n) is 16.3. The standard InChI is InChI=1S/C38H60O3/c1-14-33(8)32(41-28(7)40)19-20-34(9)30-18-22-37(12)35(10,31(30)17-21-36(33,34)11)23-26(5)38(37,13)29(27(6)39)16-15-25(4)24(2)3/h17-18,24,26,29,32H,4,14-16,19-23H2,1-3,5-13H3/t26-,29+,32+,33+,34-,35+,36+,37+,38-/m1/s1. The fraction of sp³-hybridized carbons (Fsp3) is 0.789. The first-order valence-corrected chi connectivity index (χ1v) is 16.6. The number of ketones is 1. The number of rotatable bonds is 8. The Balaban J connectivity index is 1.80. The monoisotopic (exact) mass is 564 g/mol. The van der Waals surface area contributed by atoms with Crippen LogP contribution in [-0.2, 0) is 14.3 Å². The van der Waals surface area contributed by atoms with Gasteiger partial charge >= 0.3 is 5.97 Å². The van der Waals surface area contributed by atoms with Crippen LogP contribution in [0.1, 0.15) is 134 Å². The Hall–Kier alpha value is -1.64. The molecule has 2 fully saturated rings. The molecule has 0 radical (unpaired) electrons. The number of ether oxygens (including phenoxy) is 1. The first kappa shape index (κ1) is 32.3. The molecule has 0 N–H and O–H groups in total. The van der Waals surface area contributed by atoms with E-state index in [2.05, 4.69) is 88.0 Å². The van der Waals surface area contributed by atoms with Gasteiger partial charge in [-0.2, -0.15) is 0 Å². The van der Waals surface area contributed by atoms with Crippen LogP contribution in [0.4, 0.5) is 0 Å². The van der Waals surface area contributed by atoms with Crippen molar-refractivity contribution >= 4 is 11.8 Å². The molecule has 0 bridgehead atoms. The van der Waals surface area contributed by atoms with Gasteiger partial charge in [0.1, 0.15) is 11.9 Å². The van der Waals surface area contributed by atoms with E-state index in [4.69, 9.17) is 4.74 Å². The van der Waals surface area contributed by atoms with Crippen LogP contribution in [0.5, 0.6) is 0 Å². The summed E-state index contributed by atoms with van der Waals surface area (Å²) in [5, 5.41) is 0. The zero-order chi connectivity index (χ0) is 31.0. The van der Waals surface area contributed by atoms with Crippen LogP contribution in [0.15, 0.2) is 35.5 Å². The Morgan fingerprint density at radius 2 is 1.54 bits per heavy atom. The Morgan fingerprint density at radius 1 is 0.976 bits per heavy atom. The van der Waals surface area contributed by atoms with E-state index in [1.165, 1.54) is 5.57 Å². The van der Waals surface area contributed by atoms with E-state index >= 15 is 0 Å². The molecule has 3 heteroatoms. The zero-order valence-corrected chi connectivity index (χ0v) is 28.6. The zero-order valence-electron chi connectivity index (χ0n) is 28.6. The quantitative estimate of drug-likeness (QED) is 0.218. The van der Waals surface area contributed by atoms with Gasteiger partial charge < -0.3 is 4.74 Å². The lowest BCUT2D eigenvalue weighted by molar-refractivity contribution is -0.189. The lowest BCUT2D eigenvalue weighted by atomic mass is 9.37. The van der Waals surface area contributed by atoms with Crippen molar-refractivity contribution < 1.29 is 14.3 Å². The Morgan fingerprint density at radius 3 is 2.05 bits per heavy atom. The molecule has 0 aromatic heterocycles. The van der Waals surface area contributed by atoms with E-state index in [0.29, 0.717) is 17.6 Å². The molecule has 0 aromatic rings. The maximum absolute atomic E-state index is 13.5. The minimum Gasteiger partial charge on any atom is -0.462 e. The predicted octanol–water partition coefficient (Wildman–Crippen LogP) is 10.1. The van der Waals surface area contributed by atoms with Gasteiger partial charge in [-0.25, -0.2) is 0 Å². The number of hydrogen-bond donors (Lipinski definition) is 0. The second-order valence-corrected chi connectivity index (χ2v) is 16.3. The Kier molecular flexibility index (Phi) is 8.05. The fourth-order valence-corrected chi connectivity index (χ4v) is 11.1. The van der Waals surface area contributed by atoms with E-state index in [9.17, 15) is 9.59 Å². The molecule has 0 unspecified atom stereocenters. The molecule has 4 aliphatic carbocycles. The highest BCUT2D eigenvalue weighted by atomic mass is 16.5. The number of fused-ring (bicyclic) bond motifs is 5. The molecule has 0 saturated heterocycles. The Bertz CT molecular complexity index is 1170. The molecule has 0 heterocycles. The number of esters is 1. The molecule has 2 saturated carbocycles. The van der Waals surface area contributed by atoms with Gasteiger partial charge in [0.05, 0.1) is 0 Å². The van der Waals surface area contributed by atoms with Crippen LogP contribution in [0.25, 0.3) is 0 Å². The minimum atomic E-state index is -0.162. The number of carbonyl (C=O) groups is 2. The molecule has 4 rings (SSSR count). The average molecular weight is 565 g/mol. The molecule has 0 amide bonds. The number of hydrogen-bond acceptors (Lipinski definition) is 3. The summed E-state index contributed by atoms with van der Waals surface area (Å²) < 4.78 is 6.03. The first-order valence-electron chi connectivity index (χ1n) is 16.6. The number of carbonyl (C=O) groups excluding carboxylic acids is 2. The van der Waals surface area contributed by atoms with Crippen LogP contribution < -0.4 is 0 Å². The van der Waals surface area contributed by atoms with Gasteiger partial charge in [-0.15, -0.1) is 0 Å². The number of Topliss-reactive ketones (excluding diaryl/α,β-unsaturated/α-hetero) is 1. The average Bonchev–Trinajstić information content (AvgIpc) is 3.04. The van der Waals surface area contributed by atoms with Crippen molar-refractivity contribution in [3.63, 3.8) is 0 Å². The Labute approximate surface area is 252 Å². The molecule has 230 valence electrons. The maximum atomic E-state index is 13.5. The van der Waals surface area contributed by atoms with Crippen molar-refractivity contribution in [2.75, 3.05) is 0 Å². The van der Waals surface area contributed by atoms with E-state index in [0.717, 1.165) is 51.4 Å². The molecule has 4 aliphatic rings. The largest absolute Gasteiger partial charge is 0.462 e. The second kappa shape index (κ2) is 10.2. The minimum absolute atomic E-state index is 0.00763. The van der Waals surface area contributed by atoms with Gasteiger partial charge in [0.25, 0.3) is 0 Å². The molecular weight excluding hydrogens is 504 g/mol. The predicted molar refractivity (Wildman–Crippen MR) is 170 cm³/mol. The third kappa shape index (κ3) is 4.09. The molecule has 3 nitrogen and oxygen atoms in total. The maximum Gasteiger partial charge on any atom is 0.302 e. The summed E-state index contributed by atoms with van der Waals surface area (Å²) in [4.78, 5) is 25.6. The summed E-state index contributed by atoms with van der Waals surface area (Å²) in [6, 6.07) is 0. The SMILES string of the molecule is C=C(CC[C@@H](C(C)=O)[C@@]1(C)[C@H](C)C[C@@]2(C)C3=CC[C@@]4(C)[C@@](C)(CC)[C@@H](OC(C)=O)CC[C@]4(C)C3=CC[C@]12C)C(C)C. The topological polar surface area (TPSA) is 43.4 Å². The van der Waals surface area contributed by atoms with E-state index in [1.807, 2.05) is 6.92 Å². The summed E-state index contributed by atoms with van der Waals surface area (Å²) in [5.74, 6) is 1.10. The third-order valence-electron chi connectivity index (χ3n) is 15.0. The van der Waals surface area contributed by atoms with Crippen molar-refractivity contribution in [2.45, 2.75) is 141 Å². The van der Waals surface area contributed by atoms with Gasteiger partial charge in [-0.1, -0.05) is 93.5 Å². The van der Waals surface area contributed by atoms with Crippen molar-refractivity contribution in [2.24, 2.45) is 50.2 Å². The van der Waals surface area contributed by atoms with E-state index < -0.39 is 0 Å². The summed E-state index contributed by atoms with van der Waals surface area (Å²) in [5.41, 5.74) is 4.16. The summed E-state index contributed by atoms with van der Waals surface area (Å²) in [6.07, 6.45) is 13.0. The van der Waals surface area contributed by atoms with Crippen LogP contribution in [0.3, 0.4) is 0 Å². The first-order chi connectivity index (χ1) is 18.8. The van der Waals surface area contributed by atoms with Gasteiger partial charge in [-0.3, -0.25) is 9.59 Å². The van der Waals surface area contributed by atoms with Crippen LogP contribution in [0, 0.1) is 50.2 Å². The summed E-state index contributed by atoms with van der Waals surface area (Å²) >= 11 is 0. The number of allylic oxidation sites excluding steroid dienone is 5. The highest BCUT2D eigenvalue weighted by Crippen LogP contribution is 2.78. The van der Waals surface area contributed by atoms with Crippen LogP contribution in [0.2, 0.25) is 0 Å². The molecule has 0 aliphatic heterocycles. The highest BCUT2D eigenvalue weighted by Gasteiger charge is 2.72. The normalized spacial score (nSPS) is 44.2. The fourth-order valence-electron chi connectivity index (χ4n) is 11.1. The van der Waals surface area contributed by atoms with Gasteiger partial charge in [0.2, 0.25) is 0 Å². The van der Waals surface area contributed by atoms with Crippen molar-refractivity contribution in [3.8, 4) is 0 Å². The molecule has 9 atom stereocenters. The van der Waals surface area contributed by atoms with Gasteiger partial charge in [0, 0.05) is 18.3 Å². The lowest BCUT2D eigenvalue weighted by Crippen LogP contribution is -2.62. The van der Waals surface area contributed by atoms with Crippen molar-refractivity contribution in [1.29, 1.82) is 0 Å². The highest BCUT2D eigenvalue weighted by molar-refractivity contribution is 5.79. The van der Waals surface area contributed by atoms with Crippen LogP contribution in [-0.4, -0.2) is 17.9 Å². The van der Waals surface area contributed by atoms with Gasteiger partial charge in [0.15, 0.2) is 0 Å². The smallest absolute Gasteiger partial charge is 0.302 e. The van der Waals surface area contributed by atoms with Gasteiger partial charge in [-0.05, 0) is 108 Å². The third-order valence-corrected chi connectivity index (χ3v) is 15.0. The van der Waals surface area contributed by atoms with E-state index in [-0.39, 0.29) is 50.5 Å². The summed E-state index contributed by atoms with van der Waals surface area (Å²) in [6.45, 7) is 31.8. The van der Waals surface area contributed by atoms with Crippen LogP contribution >= 0.6 is 0 Å². The van der Waals surface area contributed by atoms with Crippen molar-refractivity contribution in [1.82, 2.24) is 0 Å².